The van der Waals surface area contributed by atoms with Gasteiger partial charge in [-0.3, -0.25) is 14.4 Å². The molecule has 116 valence electrons. The van der Waals surface area contributed by atoms with Crippen molar-refractivity contribution in [2.24, 2.45) is 0 Å². The Morgan fingerprint density at radius 1 is 1.23 bits per heavy atom. The van der Waals surface area contributed by atoms with Crippen LogP contribution in [0.25, 0.3) is 10.9 Å². The van der Waals surface area contributed by atoms with Gasteiger partial charge in [-0.1, -0.05) is 31.5 Å². The van der Waals surface area contributed by atoms with Crippen LogP contribution in [0.5, 0.6) is 0 Å². The van der Waals surface area contributed by atoms with Crippen molar-refractivity contribution in [3.63, 3.8) is 0 Å². The number of carbonyl (C=O) groups is 3. The van der Waals surface area contributed by atoms with Crippen LogP contribution in [0.4, 0.5) is 0 Å². The number of aromatic amines is 1. The molecular formula is C16H18N2O4. The molecule has 2 N–H and O–H groups in total. The number of amides is 1. The summed E-state index contributed by atoms with van der Waals surface area (Å²) in [4.78, 5) is 38.3. The van der Waals surface area contributed by atoms with Crippen molar-refractivity contribution in [3.05, 3.63) is 36.0 Å². The van der Waals surface area contributed by atoms with E-state index in [1.165, 1.54) is 6.20 Å². The maximum absolute atomic E-state index is 12.1. The Balaban J connectivity index is 1.92. The van der Waals surface area contributed by atoms with Gasteiger partial charge in [-0.15, -0.1) is 0 Å². The maximum atomic E-state index is 12.1. The molecule has 6 nitrogen and oxygen atoms in total. The van der Waals surface area contributed by atoms with Crippen LogP contribution < -0.4 is 5.32 Å². The molecule has 0 fully saturated rings. The van der Waals surface area contributed by atoms with Crippen molar-refractivity contribution >= 4 is 28.6 Å². The zero-order chi connectivity index (χ0) is 15.9. The Hall–Kier alpha value is -2.63. The number of ether oxygens (including phenoxy) is 1. The molecular weight excluding hydrogens is 284 g/mol. The van der Waals surface area contributed by atoms with Gasteiger partial charge >= 0.3 is 5.97 Å². The fourth-order valence-corrected chi connectivity index (χ4v) is 2.00. The number of H-pyrrole nitrogens is 1. The van der Waals surface area contributed by atoms with Crippen LogP contribution in [0.2, 0.25) is 0 Å². The molecule has 0 aliphatic heterocycles. The molecule has 0 radical (unpaired) electrons. The van der Waals surface area contributed by atoms with Crippen molar-refractivity contribution in [1.82, 2.24) is 10.3 Å². The molecule has 1 heterocycles. The van der Waals surface area contributed by atoms with Gasteiger partial charge in [0.05, 0.1) is 12.2 Å². The highest BCUT2D eigenvalue weighted by Gasteiger charge is 2.20. The first-order valence-electron chi connectivity index (χ1n) is 7.17. The number of hydrogen-bond acceptors (Lipinski definition) is 4. The largest absolute Gasteiger partial charge is 0.464 e. The van der Waals surface area contributed by atoms with Gasteiger partial charge in [0, 0.05) is 17.1 Å². The molecule has 0 spiro atoms. The third-order valence-electron chi connectivity index (χ3n) is 3.19. The van der Waals surface area contributed by atoms with Crippen molar-refractivity contribution in [2.45, 2.75) is 19.8 Å². The second-order valence-corrected chi connectivity index (χ2v) is 4.83. The van der Waals surface area contributed by atoms with E-state index in [0.717, 1.165) is 18.4 Å². The van der Waals surface area contributed by atoms with E-state index in [1.54, 1.807) is 12.1 Å². The summed E-state index contributed by atoms with van der Waals surface area (Å²) in [6.45, 7) is 1.99. The first-order chi connectivity index (χ1) is 10.6. The number of nitrogens with one attached hydrogen (secondary N) is 2. The Kier molecular flexibility index (Phi) is 5.30. The molecule has 0 saturated carbocycles. The van der Waals surface area contributed by atoms with Crippen molar-refractivity contribution < 1.29 is 19.1 Å². The molecule has 0 unspecified atom stereocenters. The molecule has 0 saturated heterocycles. The normalized spacial score (nSPS) is 10.4. The lowest BCUT2D eigenvalue weighted by Crippen LogP contribution is -2.35. The summed E-state index contributed by atoms with van der Waals surface area (Å²) in [5, 5.41) is 2.96. The minimum atomic E-state index is -0.822. The first kappa shape index (κ1) is 15.8. The van der Waals surface area contributed by atoms with Crippen molar-refractivity contribution in [1.29, 1.82) is 0 Å². The van der Waals surface area contributed by atoms with E-state index in [9.17, 15) is 14.4 Å². The van der Waals surface area contributed by atoms with Crippen LogP contribution >= 0.6 is 0 Å². The number of para-hydroxylation sites is 1. The lowest BCUT2D eigenvalue weighted by atomic mass is 10.1. The summed E-state index contributed by atoms with van der Waals surface area (Å²) < 4.78 is 4.90. The third kappa shape index (κ3) is 3.72. The maximum Gasteiger partial charge on any atom is 0.325 e. The zero-order valence-electron chi connectivity index (χ0n) is 12.3. The van der Waals surface area contributed by atoms with E-state index < -0.39 is 17.7 Å². The summed E-state index contributed by atoms with van der Waals surface area (Å²) in [7, 11) is 0. The second kappa shape index (κ2) is 7.40. The van der Waals surface area contributed by atoms with Crippen LogP contribution in [0, 0.1) is 0 Å². The monoisotopic (exact) mass is 302 g/mol. The molecule has 0 aliphatic rings. The molecule has 6 heteroatoms. The van der Waals surface area contributed by atoms with E-state index in [4.69, 9.17) is 4.74 Å². The number of hydrogen-bond donors (Lipinski definition) is 2. The van der Waals surface area contributed by atoms with E-state index in [2.05, 4.69) is 10.3 Å². The highest BCUT2D eigenvalue weighted by molar-refractivity contribution is 6.45. The van der Waals surface area contributed by atoms with Crippen LogP contribution in [0.15, 0.2) is 30.5 Å². The van der Waals surface area contributed by atoms with Gasteiger partial charge in [-0.2, -0.15) is 0 Å². The summed E-state index contributed by atoms with van der Waals surface area (Å²) in [5.41, 5.74) is 1.06. The average Bonchev–Trinajstić information content (AvgIpc) is 2.96. The lowest BCUT2D eigenvalue weighted by Gasteiger charge is -2.05. The quantitative estimate of drug-likeness (QED) is 0.353. The van der Waals surface area contributed by atoms with Crippen LogP contribution in [0.3, 0.4) is 0 Å². The van der Waals surface area contributed by atoms with E-state index in [-0.39, 0.29) is 12.1 Å². The number of Topliss-reactive ketones (excluding diaryl/α,β-unsaturated/α-hetero) is 1. The fourth-order valence-electron chi connectivity index (χ4n) is 2.00. The van der Waals surface area contributed by atoms with E-state index in [0.29, 0.717) is 12.0 Å². The molecule has 0 bridgehead atoms. The Bertz CT molecular complexity index is 690. The number of esters is 1. The number of benzene rings is 1. The van der Waals surface area contributed by atoms with Gasteiger partial charge in [-0.25, -0.2) is 0 Å². The fraction of sp³-hybridized carbons (Fsp3) is 0.312. The zero-order valence-corrected chi connectivity index (χ0v) is 12.3. The summed E-state index contributed by atoms with van der Waals surface area (Å²) in [6.07, 6.45) is 3.18. The van der Waals surface area contributed by atoms with Gasteiger partial charge in [0.25, 0.3) is 11.7 Å². The molecule has 1 amide bonds. The van der Waals surface area contributed by atoms with Gasteiger partial charge in [0.1, 0.15) is 6.54 Å². The average molecular weight is 302 g/mol. The lowest BCUT2D eigenvalue weighted by molar-refractivity contribution is -0.143. The molecule has 1 aromatic heterocycles. The SMILES string of the molecule is CCCCOC(=O)CNC(=O)C(=O)c1c[nH]c2ccccc12. The number of fused-ring (bicyclic) bond motifs is 1. The summed E-state index contributed by atoms with van der Waals surface area (Å²) in [5.74, 6) is -2.05. The van der Waals surface area contributed by atoms with Crippen LogP contribution in [-0.4, -0.2) is 35.8 Å². The number of carbonyl (C=O) groups excluding carboxylic acids is 3. The predicted molar refractivity (Wildman–Crippen MR) is 81.5 cm³/mol. The third-order valence-corrected chi connectivity index (χ3v) is 3.19. The standard InChI is InChI=1S/C16H18N2O4/c1-2-3-8-22-14(19)10-18-16(21)15(20)12-9-17-13-7-5-4-6-11(12)13/h4-7,9,17H,2-3,8,10H2,1H3,(H,18,21). The first-order valence-corrected chi connectivity index (χ1v) is 7.17. The Morgan fingerprint density at radius 2 is 2.00 bits per heavy atom. The molecule has 2 rings (SSSR count). The molecule has 0 atom stereocenters. The van der Waals surface area contributed by atoms with Gasteiger partial charge in [-0.05, 0) is 12.5 Å². The van der Waals surface area contributed by atoms with Gasteiger partial charge < -0.3 is 15.0 Å². The van der Waals surface area contributed by atoms with Crippen molar-refractivity contribution in [3.8, 4) is 0 Å². The Morgan fingerprint density at radius 3 is 2.77 bits per heavy atom. The van der Waals surface area contributed by atoms with E-state index in [1.807, 2.05) is 19.1 Å². The minimum absolute atomic E-state index is 0.285. The van der Waals surface area contributed by atoms with Crippen LogP contribution in [-0.2, 0) is 14.3 Å². The Labute approximate surface area is 127 Å². The second-order valence-electron chi connectivity index (χ2n) is 4.83. The highest BCUT2D eigenvalue weighted by atomic mass is 16.5. The number of ketones is 1. The number of rotatable bonds is 7. The molecule has 0 aliphatic carbocycles. The van der Waals surface area contributed by atoms with Crippen molar-refractivity contribution in [2.75, 3.05) is 13.2 Å². The van der Waals surface area contributed by atoms with E-state index >= 15 is 0 Å². The predicted octanol–water partition coefficient (Wildman–Crippen LogP) is 1.81. The molecule has 22 heavy (non-hydrogen) atoms. The molecule has 2 aromatic rings. The van der Waals surface area contributed by atoms with Gasteiger partial charge in [0.2, 0.25) is 0 Å². The van der Waals surface area contributed by atoms with Gasteiger partial charge in [0.15, 0.2) is 0 Å². The molecule has 1 aromatic carbocycles. The topological polar surface area (TPSA) is 88.3 Å². The smallest absolute Gasteiger partial charge is 0.325 e. The highest BCUT2D eigenvalue weighted by Crippen LogP contribution is 2.17. The number of aromatic nitrogens is 1. The van der Waals surface area contributed by atoms with Crippen LogP contribution in [0.1, 0.15) is 30.1 Å². The minimum Gasteiger partial charge on any atom is -0.464 e. The number of unbranched alkanes of at least 4 members (excludes halogenated alkanes) is 1. The summed E-state index contributed by atoms with van der Waals surface area (Å²) in [6, 6.07) is 7.19. The summed E-state index contributed by atoms with van der Waals surface area (Å²) >= 11 is 0.